The summed E-state index contributed by atoms with van der Waals surface area (Å²) in [6.45, 7) is 6.28. The molecule has 1 fully saturated rings. The summed E-state index contributed by atoms with van der Waals surface area (Å²) in [5.41, 5.74) is 1.23. The number of hydrogen-bond acceptors (Lipinski definition) is 4. The first-order chi connectivity index (χ1) is 9.67. The number of anilines is 1. The average molecular weight is 293 g/mol. The molecule has 3 rings (SSSR count). The second-order valence-electron chi connectivity index (χ2n) is 5.98. The van der Waals surface area contributed by atoms with Crippen molar-refractivity contribution in [3.8, 4) is 0 Å². The molecule has 1 saturated heterocycles. The van der Waals surface area contributed by atoms with Gasteiger partial charge in [-0.3, -0.25) is 9.69 Å². The predicted molar refractivity (Wildman–Crippen MR) is 82.2 cm³/mol. The standard InChI is InChI=1S/C15H23N3OS/c1-3-6-18-7-4-5-11-8-12-14(9-13(11)18)20-15(17-12)16-10(2)19/h11,13H,3-9H2,1-2H3,(H,16,17,19)/t11-,13-/m0/s1. The predicted octanol–water partition coefficient (Wildman–Crippen LogP) is 2.69. The lowest BCUT2D eigenvalue weighted by Crippen LogP contribution is -2.49. The van der Waals surface area contributed by atoms with Gasteiger partial charge in [0, 0.05) is 17.8 Å². The van der Waals surface area contributed by atoms with Gasteiger partial charge in [-0.05, 0) is 51.1 Å². The van der Waals surface area contributed by atoms with Crippen LogP contribution in [0.4, 0.5) is 5.13 Å². The van der Waals surface area contributed by atoms with Crippen molar-refractivity contribution in [3.63, 3.8) is 0 Å². The number of likely N-dealkylation sites (tertiary alicyclic amines) is 1. The second-order valence-corrected chi connectivity index (χ2v) is 7.07. The fraction of sp³-hybridized carbons (Fsp3) is 0.733. The largest absolute Gasteiger partial charge is 0.302 e. The maximum Gasteiger partial charge on any atom is 0.223 e. The Balaban J connectivity index is 1.79. The zero-order valence-electron chi connectivity index (χ0n) is 12.3. The van der Waals surface area contributed by atoms with Crippen molar-refractivity contribution < 1.29 is 4.79 Å². The van der Waals surface area contributed by atoms with Crippen molar-refractivity contribution in [2.24, 2.45) is 5.92 Å². The van der Waals surface area contributed by atoms with Crippen LogP contribution in [0.5, 0.6) is 0 Å². The number of thiazole rings is 1. The molecular formula is C15H23N3OS. The Labute approximate surface area is 124 Å². The minimum Gasteiger partial charge on any atom is -0.302 e. The maximum absolute atomic E-state index is 11.2. The van der Waals surface area contributed by atoms with Crippen molar-refractivity contribution in [2.45, 2.75) is 52.0 Å². The van der Waals surface area contributed by atoms with Crippen LogP contribution in [0, 0.1) is 5.92 Å². The van der Waals surface area contributed by atoms with Gasteiger partial charge in [0.15, 0.2) is 5.13 Å². The van der Waals surface area contributed by atoms with E-state index >= 15 is 0 Å². The molecule has 2 atom stereocenters. The molecule has 5 heteroatoms. The smallest absolute Gasteiger partial charge is 0.223 e. The van der Waals surface area contributed by atoms with Crippen LogP contribution in [-0.2, 0) is 17.6 Å². The van der Waals surface area contributed by atoms with Crippen LogP contribution in [-0.4, -0.2) is 34.9 Å². The Morgan fingerprint density at radius 1 is 1.50 bits per heavy atom. The molecule has 1 aromatic rings. The fourth-order valence-corrected chi connectivity index (χ4v) is 4.74. The molecule has 1 amide bonds. The lowest BCUT2D eigenvalue weighted by Gasteiger charge is -2.43. The summed E-state index contributed by atoms with van der Waals surface area (Å²) in [4.78, 5) is 19.8. The third kappa shape index (κ3) is 2.74. The van der Waals surface area contributed by atoms with Gasteiger partial charge in [0.2, 0.25) is 5.91 Å². The highest BCUT2D eigenvalue weighted by molar-refractivity contribution is 7.15. The number of nitrogens with zero attached hydrogens (tertiary/aromatic N) is 2. The molecule has 0 bridgehead atoms. The molecule has 4 nitrogen and oxygen atoms in total. The van der Waals surface area contributed by atoms with Gasteiger partial charge in [-0.15, -0.1) is 11.3 Å². The summed E-state index contributed by atoms with van der Waals surface area (Å²) in [6, 6.07) is 0.696. The Morgan fingerprint density at radius 3 is 3.10 bits per heavy atom. The highest BCUT2D eigenvalue weighted by Crippen LogP contribution is 2.38. The Kier molecular flexibility index (Phi) is 4.08. The summed E-state index contributed by atoms with van der Waals surface area (Å²) in [5, 5.41) is 3.62. The number of fused-ring (bicyclic) bond motifs is 2. The number of piperidine rings is 1. The number of amides is 1. The summed E-state index contributed by atoms with van der Waals surface area (Å²) < 4.78 is 0. The maximum atomic E-state index is 11.2. The minimum absolute atomic E-state index is 0.0267. The minimum atomic E-state index is -0.0267. The van der Waals surface area contributed by atoms with E-state index in [0.717, 1.165) is 23.9 Å². The third-order valence-electron chi connectivity index (χ3n) is 4.46. The van der Waals surface area contributed by atoms with Gasteiger partial charge in [-0.1, -0.05) is 6.92 Å². The van der Waals surface area contributed by atoms with Crippen LogP contribution in [0.15, 0.2) is 0 Å². The van der Waals surface area contributed by atoms with E-state index in [1.165, 1.54) is 42.9 Å². The van der Waals surface area contributed by atoms with Crippen molar-refractivity contribution in [3.05, 3.63) is 10.6 Å². The van der Waals surface area contributed by atoms with Gasteiger partial charge in [-0.2, -0.15) is 0 Å². The summed E-state index contributed by atoms with van der Waals surface area (Å²) in [5.74, 6) is 0.733. The van der Waals surface area contributed by atoms with Crippen LogP contribution in [0.25, 0.3) is 0 Å². The molecule has 0 spiro atoms. The summed E-state index contributed by atoms with van der Waals surface area (Å²) in [6.07, 6.45) is 6.10. The average Bonchev–Trinajstić information content (AvgIpc) is 2.77. The number of aromatic nitrogens is 1. The summed E-state index contributed by atoms with van der Waals surface area (Å²) in [7, 11) is 0. The topological polar surface area (TPSA) is 45.2 Å². The highest BCUT2D eigenvalue weighted by Gasteiger charge is 2.36. The van der Waals surface area contributed by atoms with Gasteiger partial charge in [-0.25, -0.2) is 4.98 Å². The zero-order valence-corrected chi connectivity index (χ0v) is 13.1. The lowest BCUT2D eigenvalue weighted by atomic mass is 9.79. The highest BCUT2D eigenvalue weighted by atomic mass is 32.1. The first-order valence-corrected chi connectivity index (χ1v) is 8.49. The molecule has 1 aromatic heterocycles. The number of hydrogen-bond donors (Lipinski definition) is 1. The number of carbonyl (C=O) groups is 1. The Hall–Kier alpha value is -0.940. The van der Waals surface area contributed by atoms with E-state index in [4.69, 9.17) is 0 Å². The lowest BCUT2D eigenvalue weighted by molar-refractivity contribution is -0.114. The Bertz CT molecular complexity index is 497. The molecular weight excluding hydrogens is 270 g/mol. The van der Waals surface area contributed by atoms with E-state index in [1.54, 1.807) is 18.3 Å². The molecule has 2 aliphatic rings. The van der Waals surface area contributed by atoms with Crippen molar-refractivity contribution in [1.82, 2.24) is 9.88 Å². The van der Waals surface area contributed by atoms with Crippen LogP contribution >= 0.6 is 11.3 Å². The Morgan fingerprint density at radius 2 is 2.35 bits per heavy atom. The first-order valence-electron chi connectivity index (χ1n) is 7.67. The van der Waals surface area contributed by atoms with Crippen molar-refractivity contribution in [2.75, 3.05) is 18.4 Å². The molecule has 110 valence electrons. The number of carbonyl (C=O) groups excluding carboxylic acids is 1. The van der Waals surface area contributed by atoms with Gasteiger partial charge < -0.3 is 5.32 Å². The van der Waals surface area contributed by atoms with Crippen molar-refractivity contribution in [1.29, 1.82) is 0 Å². The van der Waals surface area contributed by atoms with Crippen LogP contribution in [0.1, 0.15) is 43.7 Å². The van der Waals surface area contributed by atoms with E-state index in [1.807, 2.05) is 0 Å². The molecule has 0 aromatic carbocycles. The SMILES string of the molecule is CCCN1CCC[C@H]2Cc3nc(NC(C)=O)sc3C[C@@H]21. The molecule has 1 aliphatic carbocycles. The van der Waals surface area contributed by atoms with Crippen LogP contribution in [0.2, 0.25) is 0 Å². The molecule has 0 saturated carbocycles. The van der Waals surface area contributed by atoms with Crippen LogP contribution < -0.4 is 5.32 Å². The number of nitrogens with one attached hydrogen (secondary N) is 1. The monoisotopic (exact) mass is 293 g/mol. The van der Waals surface area contributed by atoms with E-state index < -0.39 is 0 Å². The van der Waals surface area contributed by atoms with E-state index in [0.29, 0.717) is 6.04 Å². The molecule has 1 N–H and O–H groups in total. The van der Waals surface area contributed by atoms with E-state index in [9.17, 15) is 4.79 Å². The number of rotatable bonds is 3. The van der Waals surface area contributed by atoms with Gasteiger partial charge >= 0.3 is 0 Å². The quantitative estimate of drug-likeness (QED) is 0.932. The van der Waals surface area contributed by atoms with Gasteiger partial charge in [0.25, 0.3) is 0 Å². The second kappa shape index (κ2) is 5.82. The molecule has 0 unspecified atom stereocenters. The molecule has 1 aliphatic heterocycles. The summed E-state index contributed by atoms with van der Waals surface area (Å²) >= 11 is 1.67. The first kappa shape index (κ1) is 14.0. The van der Waals surface area contributed by atoms with Crippen molar-refractivity contribution >= 4 is 22.4 Å². The molecule has 2 heterocycles. The molecule has 0 radical (unpaired) electrons. The zero-order chi connectivity index (χ0) is 14.1. The van der Waals surface area contributed by atoms with E-state index in [2.05, 4.69) is 22.1 Å². The van der Waals surface area contributed by atoms with Crippen LogP contribution in [0.3, 0.4) is 0 Å². The third-order valence-corrected chi connectivity index (χ3v) is 5.49. The normalized spacial score (nSPS) is 25.9. The fourth-order valence-electron chi connectivity index (χ4n) is 3.66. The van der Waals surface area contributed by atoms with E-state index in [-0.39, 0.29) is 5.91 Å². The molecule has 20 heavy (non-hydrogen) atoms. The van der Waals surface area contributed by atoms with Gasteiger partial charge in [0.1, 0.15) is 0 Å². The van der Waals surface area contributed by atoms with Gasteiger partial charge in [0.05, 0.1) is 5.69 Å².